The van der Waals surface area contributed by atoms with Crippen molar-refractivity contribution in [2.45, 2.75) is 13.1 Å². The van der Waals surface area contributed by atoms with Crippen LogP contribution in [0.15, 0.2) is 28.8 Å². The van der Waals surface area contributed by atoms with E-state index in [1.807, 2.05) is 0 Å². The summed E-state index contributed by atoms with van der Waals surface area (Å²) < 4.78 is 41.7. The minimum absolute atomic E-state index is 0.0280. The minimum atomic E-state index is -4.71. The molecule has 0 spiro atoms. The average molecular weight is 368 g/mol. The van der Waals surface area contributed by atoms with Crippen LogP contribution in [0.3, 0.4) is 0 Å². The first-order valence-corrected chi connectivity index (χ1v) is 7.82. The van der Waals surface area contributed by atoms with Gasteiger partial charge in [0.1, 0.15) is 0 Å². The molecule has 2 heterocycles. The van der Waals surface area contributed by atoms with Gasteiger partial charge in [-0.2, -0.15) is 18.2 Å². The van der Waals surface area contributed by atoms with Gasteiger partial charge in [0, 0.05) is 44.2 Å². The Balaban J connectivity index is 1.69. The molecular weight excluding hydrogens is 353 g/mol. The number of nitrogens with zero attached hydrogens (tertiary/aromatic N) is 4. The van der Waals surface area contributed by atoms with Crippen LogP contribution in [-0.4, -0.2) is 57.9 Å². The number of alkyl halides is 3. The Morgan fingerprint density at radius 1 is 1.04 bits per heavy atom. The molecule has 1 aliphatic heterocycles. The van der Waals surface area contributed by atoms with Crippen LogP contribution in [0.2, 0.25) is 0 Å². The summed E-state index contributed by atoms with van der Waals surface area (Å²) in [6, 6.07) is 5.92. The average Bonchev–Trinajstić information content (AvgIpc) is 3.12. The lowest BCUT2D eigenvalue weighted by Gasteiger charge is -2.34. The summed E-state index contributed by atoms with van der Waals surface area (Å²) >= 11 is 0. The molecule has 1 aliphatic rings. The predicted molar refractivity (Wildman–Crippen MR) is 82.9 cm³/mol. The summed E-state index contributed by atoms with van der Waals surface area (Å²) in [5, 5.41) is 3.30. The van der Waals surface area contributed by atoms with E-state index in [4.69, 9.17) is 0 Å². The predicted octanol–water partition coefficient (Wildman–Crippen LogP) is 2.06. The van der Waals surface area contributed by atoms with E-state index in [0.717, 1.165) is 0 Å². The van der Waals surface area contributed by atoms with E-state index >= 15 is 0 Å². The first-order chi connectivity index (χ1) is 12.3. The molecule has 0 aliphatic carbocycles. The second-order valence-corrected chi connectivity index (χ2v) is 5.80. The van der Waals surface area contributed by atoms with E-state index in [1.165, 1.54) is 31.2 Å². The van der Waals surface area contributed by atoms with Gasteiger partial charge in [-0.15, -0.1) is 0 Å². The lowest BCUT2D eigenvalue weighted by Crippen LogP contribution is -2.50. The van der Waals surface area contributed by atoms with Gasteiger partial charge in [0.2, 0.25) is 11.7 Å². The van der Waals surface area contributed by atoms with Crippen LogP contribution >= 0.6 is 0 Å². The Hall–Kier alpha value is -2.91. The molecule has 26 heavy (non-hydrogen) atoms. The van der Waals surface area contributed by atoms with Crippen LogP contribution in [0, 0.1) is 0 Å². The molecule has 1 fully saturated rings. The molecule has 0 unspecified atom stereocenters. The van der Waals surface area contributed by atoms with Crippen molar-refractivity contribution < 1.29 is 27.3 Å². The molecule has 0 atom stereocenters. The fraction of sp³-hybridized carbons (Fsp3) is 0.375. The molecule has 0 saturated carbocycles. The van der Waals surface area contributed by atoms with Crippen LogP contribution in [0.5, 0.6) is 0 Å². The summed E-state index contributed by atoms with van der Waals surface area (Å²) in [4.78, 5) is 30.4. The Morgan fingerprint density at radius 2 is 1.62 bits per heavy atom. The number of hydrogen-bond acceptors (Lipinski definition) is 5. The number of piperazine rings is 1. The number of hydrogen-bond donors (Lipinski definition) is 0. The van der Waals surface area contributed by atoms with E-state index < -0.39 is 12.1 Å². The third kappa shape index (κ3) is 3.68. The molecule has 2 amide bonds. The molecule has 1 aromatic heterocycles. The highest BCUT2D eigenvalue weighted by Gasteiger charge is 2.38. The zero-order chi connectivity index (χ0) is 18.9. The highest BCUT2D eigenvalue weighted by molar-refractivity contribution is 5.94. The monoisotopic (exact) mass is 368 g/mol. The maximum atomic E-state index is 12.5. The largest absolute Gasteiger partial charge is 0.471 e. The summed E-state index contributed by atoms with van der Waals surface area (Å²) in [5.74, 6) is -1.86. The fourth-order valence-electron chi connectivity index (χ4n) is 2.62. The van der Waals surface area contributed by atoms with Gasteiger partial charge in [0.25, 0.3) is 5.91 Å². The van der Waals surface area contributed by atoms with Gasteiger partial charge in [0.05, 0.1) is 0 Å². The number of amides is 2. The van der Waals surface area contributed by atoms with Crippen LogP contribution in [0.4, 0.5) is 13.2 Å². The second kappa shape index (κ2) is 6.77. The maximum absolute atomic E-state index is 12.5. The van der Waals surface area contributed by atoms with Crippen LogP contribution in [0.1, 0.15) is 23.2 Å². The van der Waals surface area contributed by atoms with Gasteiger partial charge in [0.15, 0.2) is 0 Å². The molecule has 0 N–H and O–H groups in total. The smallest absolute Gasteiger partial charge is 0.339 e. The highest BCUT2D eigenvalue weighted by Crippen LogP contribution is 2.29. The number of benzene rings is 1. The van der Waals surface area contributed by atoms with E-state index in [2.05, 4.69) is 14.7 Å². The van der Waals surface area contributed by atoms with Crippen molar-refractivity contribution in [1.82, 2.24) is 19.9 Å². The Bertz CT molecular complexity index is 809. The normalized spacial score (nSPS) is 15.2. The van der Waals surface area contributed by atoms with Crippen molar-refractivity contribution >= 4 is 11.8 Å². The number of carbonyl (C=O) groups is 2. The zero-order valence-electron chi connectivity index (χ0n) is 13.8. The van der Waals surface area contributed by atoms with Crippen molar-refractivity contribution in [2.24, 2.45) is 0 Å². The molecule has 10 heteroatoms. The summed E-state index contributed by atoms with van der Waals surface area (Å²) in [6.07, 6.45) is -4.71. The lowest BCUT2D eigenvalue weighted by molar-refractivity contribution is -0.159. The van der Waals surface area contributed by atoms with Gasteiger partial charge >= 0.3 is 12.1 Å². The number of rotatable bonds is 2. The molecule has 1 saturated heterocycles. The van der Waals surface area contributed by atoms with Crippen molar-refractivity contribution in [3.8, 4) is 11.4 Å². The van der Waals surface area contributed by atoms with Crippen molar-refractivity contribution in [1.29, 1.82) is 0 Å². The number of halogens is 3. The second-order valence-electron chi connectivity index (χ2n) is 5.80. The van der Waals surface area contributed by atoms with E-state index in [9.17, 15) is 22.8 Å². The molecular formula is C16H15F3N4O3. The molecule has 0 radical (unpaired) electrons. The Labute approximate surface area is 146 Å². The maximum Gasteiger partial charge on any atom is 0.471 e. The van der Waals surface area contributed by atoms with Crippen LogP contribution in [-0.2, 0) is 11.0 Å². The SMILES string of the molecule is CC(=O)N1CCN(C(=O)c2ccc(-c3noc(C(F)(F)F)n3)cc2)CC1. The van der Waals surface area contributed by atoms with E-state index in [-0.39, 0.29) is 17.6 Å². The van der Waals surface area contributed by atoms with Crippen molar-refractivity contribution in [2.75, 3.05) is 26.2 Å². The summed E-state index contributed by atoms with van der Waals surface area (Å²) in [6.45, 7) is 3.29. The molecule has 3 rings (SSSR count). The molecule has 0 bridgehead atoms. The minimum Gasteiger partial charge on any atom is -0.339 e. The Kier molecular flexibility index (Phi) is 4.66. The summed E-state index contributed by atoms with van der Waals surface area (Å²) in [7, 11) is 0. The molecule has 7 nitrogen and oxygen atoms in total. The molecule has 138 valence electrons. The van der Waals surface area contributed by atoms with Gasteiger partial charge in [-0.05, 0) is 12.1 Å². The number of carbonyl (C=O) groups excluding carboxylic acids is 2. The topological polar surface area (TPSA) is 79.5 Å². The standard InChI is InChI=1S/C16H15F3N4O3/c1-10(24)22-6-8-23(9-7-22)14(25)12-4-2-11(3-5-12)13-20-15(26-21-13)16(17,18)19/h2-5H,6-9H2,1H3. The first-order valence-electron chi connectivity index (χ1n) is 7.82. The van der Waals surface area contributed by atoms with Crippen molar-refractivity contribution in [3.63, 3.8) is 0 Å². The van der Waals surface area contributed by atoms with Gasteiger partial charge in [-0.1, -0.05) is 17.3 Å². The first kappa shape index (κ1) is 17.9. The van der Waals surface area contributed by atoms with Crippen molar-refractivity contribution in [3.05, 3.63) is 35.7 Å². The van der Waals surface area contributed by atoms with Crippen LogP contribution < -0.4 is 0 Å². The number of aromatic nitrogens is 2. The summed E-state index contributed by atoms with van der Waals surface area (Å²) in [5.41, 5.74) is 0.701. The molecule has 1 aromatic carbocycles. The van der Waals surface area contributed by atoms with Crippen LogP contribution in [0.25, 0.3) is 11.4 Å². The fourth-order valence-corrected chi connectivity index (χ4v) is 2.62. The lowest BCUT2D eigenvalue weighted by atomic mass is 10.1. The molecule has 2 aromatic rings. The van der Waals surface area contributed by atoms with Gasteiger partial charge < -0.3 is 14.3 Å². The zero-order valence-corrected chi connectivity index (χ0v) is 13.8. The Morgan fingerprint density at radius 3 is 2.12 bits per heavy atom. The quantitative estimate of drug-likeness (QED) is 0.811. The van der Waals surface area contributed by atoms with Gasteiger partial charge in [-0.25, -0.2) is 0 Å². The van der Waals surface area contributed by atoms with E-state index in [1.54, 1.807) is 9.80 Å². The highest BCUT2D eigenvalue weighted by atomic mass is 19.4. The third-order valence-electron chi connectivity index (χ3n) is 4.07. The third-order valence-corrected chi connectivity index (χ3v) is 4.07. The van der Waals surface area contributed by atoms with Gasteiger partial charge in [-0.3, -0.25) is 9.59 Å². The van der Waals surface area contributed by atoms with E-state index in [0.29, 0.717) is 37.3 Å².